The first-order chi connectivity index (χ1) is 11.7. The quantitative estimate of drug-likeness (QED) is 0.649. The molecule has 4 nitrogen and oxygen atoms in total. The van der Waals surface area contributed by atoms with Crippen molar-refractivity contribution in [3.05, 3.63) is 83.5 Å². The molecule has 0 amide bonds. The fourth-order valence-corrected chi connectivity index (χ4v) is 4.95. The van der Waals surface area contributed by atoms with Gasteiger partial charge < -0.3 is 0 Å². The molecule has 2 aromatic heterocycles. The molecule has 0 unspecified atom stereocenters. The number of sulfonamides is 1. The number of aromatic nitrogens is 1. The molecule has 0 saturated heterocycles. The number of hydrogen-bond acceptors (Lipinski definition) is 4. The van der Waals surface area contributed by atoms with Crippen molar-refractivity contribution in [2.45, 2.75) is 17.2 Å². The molecule has 0 radical (unpaired) electrons. The van der Waals surface area contributed by atoms with Crippen molar-refractivity contribution in [3.8, 4) is 0 Å². The summed E-state index contributed by atoms with van der Waals surface area (Å²) < 4.78 is 27.7. The maximum Gasteiger partial charge on any atom is 0.252 e. The first-order valence-electron chi connectivity index (χ1n) is 7.64. The van der Waals surface area contributed by atoms with Gasteiger partial charge in [-0.25, -0.2) is 8.42 Å². The van der Waals surface area contributed by atoms with Gasteiger partial charge in [0.25, 0.3) is 10.0 Å². The van der Waals surface area contributed by atoms with Crippen LogP contribution in [0.5, 0.6) is 0 Å². The molecule has 0 saturated carbocycles. The molecule has 0 aliphatic rings. The van der Waals surface area contributed by atoms with Gasteiger partial charge in [0.2, 0.25) is 0 Å². The molecular weight excluding hydrogens is 340 g/mol. The maximum absolute atomic E-state index is 12.9. The Labute approximate surface area is 146 Å². The van der Waals surface area contributed by atoms with E-state index in [2.05, 4.69) is 4.98 Å². The zero-order valence-electron chi connectivity index (χ0n) is 13.1. The first-order valence-corrected chi connectivity index (χ1v) is 9.96. The first kappa shape index (κ1) is 16.8. The van der Waals surface area contributed by atoms with Gasteiger partial charge in [-0.05, 0) is 35.6 Å². The minimum Gasteiger partial charge on any atom is -0.260 e. The molecule has 3 rings (SSSR count). The summed E-state index contributed by atoms with van der Waals surface area (Å²) in [5.74, 6) is 0. The summed E-state index contributed by atoms with van der Waals surface area (Å²) in [6.07, 6.45) is 2.35. The van der Waals surface area contributed by atoms with Crippen molar-refractivity contribution in [3.63, 3.8) is 0 Å². The molecular formula is C18H18N2O2S2. The van der Waals surface area contributed by atoms with Crippen LogP contribution in [0.1, 0.15) is 11.3 Å². The third kappa shape index (κ3) is 4.08. The Morgan fingerprint density at radius 3 is 2.42 bits per heavy atom. The second-order valence-corrected chi connectivity index (χ2v) is 8.44. The molecule has 0 aliphatic carbocycles. The third-order valence-electron chi connectivity index (χ3n) is 3.65. The van der Waals surface area contributed by atoms with Gasteiger partial charge in [0.15, 0.2) is 0 Å². The highest BCUT2D eigenvalue weighted by molar-refractivity contribution is 7.91. The lowest BCUT2D eigenvalue weighted by molar-refractivity contribution is 0.406. The summed E-state index contributed by atoms with van der Waals surface area (Å²) in [4.78, 5) is 4.27. The van der Waals surface area contributed by atoms with Gasteiger partial charge in [0.05, 0.1) is 12.2 Å². The lowest BCUT2D eigenvalue weighted by atomic mass is 10.1. The smallest absolute Gasteiger partial charge is 0.252 e. The van der Waals surface area contributed by atoms with Crippen LogP contribution >= 0.6 is 11.3 Å². The highest BCUT2D eigenvalue weighted by Crippen LogP contribution is 2.22. The average molecular weight is 358 g/mol. The Morgan fingerprint density at radius 1 is 0.958 bits per heavy atom. The fourth-order valence-electron chi connectivity index (χ4n) is 2.39. The van der Waals surface area contributed by atoms with Gasteiger partial charge in [-0.2, -0.15) is 4.31 Å². The van der Waals surface area contributed by atoms with Crippen molar-refractivity contribution >= 4 is 21.4 Å². The molecule has 0 atom stereocenters. The lowest BCUT2D eigenvalue weighted by Gasteiger charge is -2.21. The second-order valence-electron chi connectivity index (χ2n) is 5.33. The summed E-state index contributed by atoms with van der Waals surface area (Å²) >= 11 is 1.24. The van der Waals surface area contributed by atoms with Crippen molar-refractivity contribution < 1.29 is 8.42 Å². The number of pyridine rings is 1. The summed E-state index contributed by atoms with van der Waals surface area (Å²) in [5, 5.41) is 1.78. The van der Waals surface area contributed by atoms with E-state index in [-0.39, 0.29) is 6.54 Å². The van der Waals surface area contributed by atoms with Crippen LogP contribution in [0.25, 0.3) is 0 Å². The minimum atomic E-state index is -3.51. The molecule has 1 aromatic carbocycles. The van der Waals surface area contributed by atoms with Gasteiger partial charge in [-0.15, -0.1) is 11.3 Å². The zero-order chi connectivity index (χ0) is 16.8. The van der Waals surface area contributed by atoms with E-state index in [0.29, 0.717) is 17.2 Å². The number of nitrogens with zero attached hydrogens (tertiary/aromatic N) is 2. The number of benzene rings is 1. The van der Waals surface area contributed by atoms with Crippen LogP contribution in [0.15, 0.2) is 76.4 Å². The Balaban J connectivity index is 1.83. The van der Waals surface area contributed by atoms with E-state index >= 15 is 0 Å². The number of thiophene rings is 1. The lowest BCUT2D eigenvalue weighted by Crippen LogP contribution is -2.32. The molecule has 3 aromatic rings. The van der Waals surface area contributed by atoms with E-state index in [1.807, 2.05) is 48.5 Å². The predicted octanol–water partition coefficient (Wildman–Crippen LogP) is 3.58. The molecule has 0 spiro atoms. The van der Waals surface area contributed by atoms with Crippen LogP contribution in [-0.4, -0.2) is 24.3 Å². The molecule has 0 N–H and O–H groups in total. The topological polar surface area (TPSA) is 50.3 Å². The van der Waals surface area contributed by atoms with Gasteiger partial charge >= 0.3 is 0 Å². The molecule has 6 heteroatoms. The van der Waals surface area contributed by atoms with Crippen molar-refractivity contribution in [2.75, 3.05) is 6.54 Å². The Bertz CT molecular complexity index is 849. The second kappa shape index (κ2) is 7.70. The van der Waals surface area contributed by atoms with Crippen LogP contribution in [0.2, 0.25) is 0 Å². The normalized spacial score (nSPS) is 11.7. The molecule has 0 bridgehead atoms. The van der Waals surface area contributed by atoms with Gasteiger partial charge in [0.1, 0.15) is 4.21 Å². The average Bonchev–Trinajstić information content (AvgIpc) is 3.16. The minimum absolute atomic E-state index is 0.272. The highest BCUT2D eigenvalue weighted by Gasteiger charge is 2.25. The van der Waals surface area contributed by atoms with Gasteiger partial charge in [-0.1, -0.05) is 42.5 Å². The van der Waals surface area contributed by atoms with E-state index in [9.17, 15) is 8.42 Å². The number of rotatable bonds is 7. The van der Waals surface area contributed by atoms with Crippen molar-refractivity contribution in [1.29, 1.82) is 0 Å². The molecule has 24 heavy (non-hydrogen) atoms. The van der Waals surface area contributed by atoms with E-state index in [1.165, 1.54) is 15.6 Å². The van der Waals surface area contributed by atoms with E-state index < -0.39 is 10.0 Å². The Hall–Kier alpha value is -2.02. The molecule has 0 fully saturated rings. The van der Waals surface area contributed by atoms with Gasteiger partial charge in [0, 0.05) is 12.7 Å². The van der Waals surface area contributed by atoms with Crippen LogP contribution in [0.3, 0.4) is 0 Å². The largest absolute Gasteiger partial charge is 0.260 e. The highest BCUT2D eigenvalue weighted by atomic mass is 32.2. The van der Waals surface area contributed by atoms with E-state index in [1.54, 1.807) is 23.7 Å². The van der Waals surface area contributed by atoms with Crippen molar-refractivity contribution in [2.24, 2.45) is 0 Å². The number of hydrogen-bond donors (Lipinski definition) is 0. The third-order valence-corrected chi connectivity index (χ3v) is 6.86. The Kier molecular flexibility index (Phi) is 5.40. The van der Waals surface area contributed by atoms with Crippen LogP contribution in [0, 0.1) is 0 Å². The predicted molar refractivity (Wildman–Crippen MR) is 96.3 cm³/mol. The standard InChI is InChI=1S/C18H18N2O2S2/c21-24(22,18-10-6-14-23-18)20(15-17-9-4-5-12-19-17)13-11-16-7-2-1-3-8-16/h1-10,12,14H,11,13,15H2. The van der Waals surface area contributed by atoms with Gasteiger partial charge in [-0.3, -0.25) is 4.98 Å². The summed E-state index contributed by atoms with van der Waals surface area (Å²) in [5.41, 5.74) is 1.86. The molecule has 0 aliphatic heterocycles. The summed E-state index contributed by atoms with van der Waals surface area (Å²) in [7, 11) is -3.51. The van der Waals surface area contributed by atoms with E-state index in [4.69, 9.17) is 0 Å². The SMILES string of the molecule is O=S(=O)(c1cccs1)N(CCc1ccccc1)Cc1ccccn1. The monoisotopic (exact) mass is 358 g/mol. The maximum atomic E-state index is 12.9. The summed E-state index contributed by atoms with van der Waals surface area (Å²) in [6.45, 7) is 0.689. The fraction of sp³-hybridized carbons (Fsp3) is 0.167. The van der Waals surface area contributed by atoms with Crippen molar-refractivity contribution in [1.82, 2.24) is 9.29 Å². The molecule has 2 heterocycles. The van der Waals surface area contributed by atoms with Crippen LogP contribution < -0.4 is 0 Å². The van der Waals surface area contributed by atoms with Crippen LogP contribution in [-0.2, 0) is 23.0 Å². The van der Waals surface area contributed by atoms with Crippen LogP contribution in [0.4, 0.5) is 0 Å². The Morgan fingerprint density at radius 2 is 1.75 bits per heavy atom. The summed E-state index contributed by atoms with van der Waals surface area (Å²) in [6, 6.07) is 18.9. The molecule has 124 valence electrons. The van der Waals surface area contributed by atoms with E-state index in [0.717, 1.165) is 11.3 Å². The zero-order valence-corrected chi connectivity index (χ0v) is 14.7.